The van der Waals surface area contributed by atoms with Crippen LogP contribution in [-0.2, 0) is 7.05 Å². The lowest BCUT2D eigenvalue weighted by Gasteiger charge is -2.01. The molecule has 0 aliphatic carbocycles. The molecule has 0 unspecified atom stereocenters. The molecular weight excluding hydrogens is 230 g/mol. The topological polar surface area (TPSA) is 30.7 Å². The van der Waals surface area contributed by atoms with Crippen LogP contribution in [0.5, 0.6) is 0 Å². The van der Waals surface area contributed by atoms with Crippen molar-refractivity contribution in [2.75, 3.05) is 0 Å². The Morgan fingerprint density at radius 1 is 1.12 bits per heavy atom. The van der Waals surface area contributed by atoms with E-state index in [4.69, 9.17) is 0 Å². The van der Waals surface area contributed by atoms with Crippen molar-refractivity contribution in [3.05, 3.63) is 42.7 Å². The first-order valence-corrected chi connectivity index (χ1v) is 5.76. The smallest absolute Gasteiger partial charge is 0.140 e. The number of hydrogen-bond acceptors (Lipinski definition) is 3. The van der Waals surface area contributed by atoms with E-state index in [0.717, 1.165) is 27.3 Å². The first-order chi connectivity index (χ1) is 8.25. The maximum Gasteiger partial charge on any atom is 0.140 e. The molecule has 0 saturated heterocycles. The average Bonchev–Trinajstić information content (AvgIpc) is 2.68. The second-order valence-electron chi connectivity index (χ2n) is 3.90. The van der Waals surface area contributed by atoms with Gasteiger partial charge in [-0.2, -0.15) is 0 Å². The van der Waals surface area contributed by atoms with Crippen LogP contribution >= 0.6 is 12.6 Å². The van der Waals surface area contributed by atoms with Gasteiger partial charge >= 0.3 is 0 Å². The lowest BCUT2D eigenvalue weighted by Crippen LogP contribution is -1.92. The van der Waals surface area contributed by atoms with Gasteiger partial charge in [0.2, 0.25) is 0 Å². The van der Waals surface area contributed by atoms with Crippen molar-refractivity contribution in [2.24, 2.45) is 7.05 Å². The van der Waals surface area contributed by atoms with Crippen LogP contribution in [0.25, 0.3) is 22.4 Å². The largest absolute Gasteiger partial charge is 0.327 e. The fourth-order valence-electron chi connectivity index (χ4n) is 1.94. The van der Waals surface area contributed by atoms with Crippen LogP contribution in [0.15, 0.2) is 47.6 Å². The monoisotopic (exact) mass is 241 g/mol. The summed E-state index contributed by atoms with van der Waals surface area (Å²) in [5.41, 5.74) is 3.14. The number of hydrogen-bond donors (Lipinski definition) is 1. The maximum atomic E-state index is 4.62. The van der Waals surface area contributed by atoms with Crippen molar-refractivity contribution in [3.63, 3.8) is 0 Å². The minimum absolute atomic E-state index is 0.946. The second-order valence-corrected chi connectivity index (χ2v) is 4.42. The number of imidazole rings is 1. The number of benzene rings is 1. The lowest BCUT2D eigenvalue weighted by molar-refractivity contribution is 0.957. The zero-order valence-electron chi connectivity index (χ0n) is 9.33. The standard InChI is InChI=1S/C13H11N3S/c1-16-12-8-10(17)2-3-11(12)15-13(16)9-4-6-14-7-5-9/h2-8,17H,1H3. The highest BCUT2D eigenvalue weighted by atomic mass is 32.1. The molecule has 1 aromatic carbocycles. The Morgan fingerprint density at radius 2 is 1.88 bits per heavy atom. The minimum atomic E-state index is 0.946. The molecule has 3 nitrogen and oxygen atoms in total. The van der Waals surface area contributed by atoms with Crippen LogP contribution in [0.4, 0.5) is 0 Å². The summed E-state index contributed by atoms with van der Waals surface area (Å²) < 4.78 is 2.07. The summed E-state index contributed by atoms with van der Waals surface area (Å²) >= 11 is 4.35. The van der Waals surface area contributed by atoms with Gasteiger partial charge in [-0.25, -0.2) is 4.98 Å². The predicted octanol–water partition coefficient (Wildman–Crippen LogP) is 2.92. The molecule has 0 aliphatic rings. The Hall–Kier alpha value is -1.81. The summed E-state index contributed by atoms with van der Waals surface area (Å²) in [5.74, 6) is 0.946. The van der Waals surface area contributed by atoms with E-state index in [2.05, 4.69) is 27.2 Å². The predicted molar refractivity (Wildman–Crippen MR) is 71.2 cm³/mol. The van der Waals surface area contributed by atoms with Crippen LogP contribution in [0.1, 0.15) is 0 Å². The Morgan fingerprint density at radius 3 is 2.65 bits per heavy atom. The normalized spacial score (nSPS) is 10.9. The van der Waals surface area contributed by atoms with Gasteiger partial charge in [0, 0.05) is 29.9 Å². The molecule has 3 rings (SSSR count). The molecule has 3 aromatic rings. The van der Waals surface area contributed by atoms with Crippen molar-refractivity contribution < 1.29 is 0 Å². The third-order valence-corrected chi connectivity index (χ3v) is 3.08. The summed E-state index contributed by atoms with van der Waals surface area (Å²) in [6.45, 7) is 0. The van der Waals surface area contributed by atoms with Crippen molar-refractivity contribution >= 4 is 23.7 Å². The van der Waals surface area contributed by atoms with Gasteiger partial charge in [0.25, 0.3) is 0 Å². The third kappa shape index (κ3) is 1.70. The van der Waals surface area contributed by atoms with E-state index in [9.17, 15) is 0 Å². The Bertz CT molecular complexity index is 674. The lowest BCUT2D eigenvalue weighted by atomic mass is 10.2. The van der Waals surface area contributed by atoms with Gasteiger partial charge in [0.15, 0.2) is 0 Å². The van der Waals surface area contributed by atoms with Crippen molar-refractivity contribution in [3.8, 4) is 11.4 Å². The van der Waals surface area contributed by atoms with E-state index in [1.165, 1.54) is 0 Å². The molecule has 2 aromatic heterocycles. The molecule has 4 heteroatoms. The van der Waals surface area contributed by atoms with Crippen LogP contribution < -0.4 is 0 Å². The number of thiol groups is 1. The van der Waals surface area contributed by atoms with Crippen LogP contribution in [0, 0.1) is 0 Å². The number of nitrogens with zero attached hydrogens (tertiary/aromatic N) is 3. The van der Waals surface area contributed by atoms with Crippen LogP contribution in [-0.4, -0.2) is 14.5 Å². The highest BCUT2D eigenvalue weighted by Gasteiger charge is 2.09. The highest BCUT2D eigenvalue weighted by molar-refractivity contribution is 7.80. The average molecular weight is 241 g/mol. The molecule has 0 amide bonds. The van der Waals surface area contributed by atoms with E-state index in [-0.39, 0.29) is 0 Å². The maximum absolute atomic E-state index is 4.62. The molecule has 0 fully saturated rings. The highest BCUT2D eigenvalue weighted by Crippen LogP contribution is 2.24. The van der Waals surface area contributed by atoms with Crippen molar-refractivity contribution in [1.29, 1.82) is 0 Å². The molecule has 0 atom stereocenters. The molecule has 17 heavy (non-hydrogen) atoms. The van der Waals surface area contributed by atoms with Crippen LogP contribution in [0.3, 0.4) is 0 Å². The molecule has 0 bridgehead atoms. The van der Waals surface area contributed by atoms with Gasteiger partial charge in [-0.15, -0.1) is 12.6 Å². The van der Waals surface area contributed by atoms with Gasteiger partial charge in [-0.1, -0.05) is 0 Å². The van der Waals surface area contributed by atoms with Crippen LogP contribution in [0.2, 0.25) is 0 Å². The molecule has 0 N–H and O–H groups in total. The molecular formula is C13H11N3S. The van der Waals surface area contributed by atoms with Crippen molar-refractivity contribution in [1.82, 2.24) is 14.5 Å². The first-order valence-electron chi connectivity index (χ1n) is 5.31. The summed E-state index contributed by atoms with van der Waals surface area (Å²) in [5, 5.41) is 0. The summed E-state index contributed by atoms with van der Waals surface area (Å²) in [6, 6.07) is 9.89. The number of fused-ring (bicyclic) bond motifs is 1. The Balaban J connectivity index is 2.28. The first kappa shape index (κ1) is 10.4. The second kappa shape index (κ2) is 3.89. The van der Waals surface area contributed by atoms with E-state index in [1.54, 1.807) is 12.4 Å². The molecule has 84 valence electrons. The van der Waals surface area contributed by atoms with Gasteiger partial charge in [-0.05, 0) is 30.3 Å². The number of rotatable bonds is 1. The zero-order valence-corrected chi connectivity index (χ0v) is 10.2. The van der Waals surface area contributed by atoms with Gasteiger partial charge in [-0.3, -0.25) is 4.98 Å². The van der Waals surface area contributed by atoms with Crippen molar-refractivity contribution in [2.45, 2.75) is 4.90 Å². The molecule has 2 heterocycles. The Kier molecular flexibility index (Phi) is 2.37. The minimum Gasteiger partial charge on any atom is -0.327 e. The summed E-state index contributed by atoms with van der Waals surface area (Å²) in [4.78, 5) is 9.59. The van der Waals surface area contributed by atoms with Gasteiger partial charge in [0.1, 0.15) is 5.82 Å². The van der Waals surface area contributed by atoms with E-state index in [1.807, 2.05) is 37.4 Å². The number of pyridine rings is 1. The van der Waals surface area contributed by atoms with Gasteiger partial charge < -0.3 is 4.57 Å². The molecule has 0 radical (unpaired) electrons. The zero-order chi connectivity index (χ0) is 11.8. The summed E-state index contributed by atoms with van der Waals surface area (Å²) in [6.07, 6.45) is 3.55. The SMILES string of the molecule is Cn1c(-c2ccncc2)nc2ccc(S)cc21. The van der Waals surface area contributed by atoms with E-state index >= 15 is 0 Å². The fraction of sp³-hybridized carbons (Fsp3) is 0.0769. The van der Waals surface area contributed by atoms with E-state index < -0.39 is 0 Å². The quantitative estimate of drug-likeness (QED) is 0.664. The Labute approximate surface area is 105 Å². The molecule has 0 saturated carbocycles. The molecule has 0 spiro atoms. The molecule has 0 aliphatic heterocycles. The van der Waals surface area contributed by atoms with Gasteiger partial charge in [0.05, 0.1) is 11.0 Å². The number of aryl methyl sites for hydroxylation is 1. The fourth-order valence-corrected chi connectivity index (χ4v) is 2.13. The summed E-state index contributed by atoms with van der Waals surface area (Å²) in [7, 11) is 2.01. The van der Waals surface area contributed by atoms with E-state index in [0.29, 0.717) is 0 Å². The number of aromatic nitrogens is 3. The third-order valence-electron chi connectivity index (χ3n) is 2.80.